The van der Waals surface area contributed by atoms with E-state index >= 15 is 0 Å². The van der Waals surface area contributed by atoms with Gasteiger partial charge in [-0.1, -0.05) is 48.6 Å². The van der Waals surface area contributed by atoms with Crippen LogP contribution in [0.25, 0.3) is 21.8 Å². The molecule has 1 N–H and O–H groups in total. The molecule has 138 valence electrons. The first kappa shape index (κ1) is 16.3. The van der Waals surface area contributed by atoms with Gasteiger partial charge in [-0.3, -0.25) is 4.79 Å². The van der Waals surface area contributed by atoms with Crippen LogP contribution in [0.2, 0.25) is 0 Å². The number of ketones is 1. The molecule has 1 saturated carbocycles. The summed E-state index contributed by atoms with van der Waals surface area (Å²) in [6.07, 6.45) is 6.97. The van der Waals surface area contributed by atoms with Gasteiger partial charge in [-0.15, -0.1) is 0 Å². The van der Waals surface area contributed by atoms with Gasteiger partial charge in [-0.05, 0) is 35.6 Å². The van der Waals surface area contributed by atoms with Gasteiger partial charge >= 0.3 is 0 Å². The Kier molecular flexibility index (Phi) is 3.42. The standard InChI is InChI=1S/C24H20N2OS/c27-20-11-21(28)23(22(20)17-12-25-19-9-2-1-7-15(17)19)18-13-26-10-4-6-14-5-3-8-16(18)24(14)26/h1-3,5,7-9,12-13,22-23,25H,4,6,10-11H2/t22-,23-/m0/s1. The lowest BCUT2D eigenvalue weighted by Gasteiger charge is -2.18. The van der Waals surface area contributed by atoms with Crippen LogP contribution in [0.1, 0.15) is 41.4 Å². The molecule has 2 aromatic heterocycles. The number of para-hydroxylation sites is 2. The van der Waals surface area contributed by atoms with Crippen molar-refractivity contribution in [3.05, 3.63) is 71.5 Å². The van der Waals surface area contributed by atoms with E-state index in [0.29, 0.717) is 6.42 Å². The van der Waals surface area contributed by atoms with Gasteiger partial charge in [-0.2, -0.15) is 0 Å². The number of Topliss-reactive ketones (excluding diaryl/α,β-unsaturated/α-hetero) is 1. The SMILES string of the molecule is O=C1CC(=S)[C@H](c2cn3c4c(cccc24)CCC3)[C@H]1c1c[nH]c2ccccc12. The first-order valence-electron chi connectivity index (χ1n) is 9.94. The number of nitrogens with zero attached hydrogens (tertiary/aromatic N) is 1. The van der Waals surface area contributed by atoms with Crippen molar-refractivity contribution in [3.63, 3.8) is 0 Å². The van der Waals surface area contributed by atoms with E-state index in [9.17, 15) is 4.79 Å². The number of hydrogen-bond donors (Lipinski definition) is 1. The van der Waals surface area contributed by atoms with E-state index in [-0.39, 0.29) is 17.6 Å². The third-order valence-corrected chi connectivity index (χ3v) is 6.92. The van der Waals surface area contributed by atoms with Crippen LogP contribution in [0.5, 0.6) is 0 Å². The highest BCUT2D eigenvalue weighted by Gasteiger charge is 2.43. The fourth-order valence-corrected chi connectivity index (χ4v) is 5.76. The summed E-state index contributed by atoms with van der Waals surface area (Å²) in [6, 6.07) is 14.8. The van der Waals surface area contributed by atoms with Crippen molar-refractivity contribution >= 4 is 44.7 Å². The van der Waals surface area contributed by atoms with Gasteiger partial charge < -0.3 is 9.55 Å². The molecule has 2 aliphatic rings. The number of carbonyl (C=O) groups is 1. The van der Waals surface area contributed by atoms with Crippen LogP contribution < -0.4 is 0 Å². The highest BCUT2D eigenvalue weighted by Crippen LogP contribution is 2.47. The highest BCUT2D eigenvalue weighted by molar-refractivity contribution is 7.80. The summed E-state index contributed by atoms with van der Waals surface area (Å²) >= 11 is 5.79. The van der Waals surface area contributed by atoms with E-state index in [1.54, 1.807) is 0 Å². The van der Waals surface area contributed by atoms with Crippen molar-refractivity contribution in [1.82, 2.24) is 9.55 Å². The average molecular weight is 385 g/mol. The van der Waals surface area contributed by atoms with Gasteiger partial charge in [0.05, 0.1) is 11.4 Å². The lowest BCUT2D eigenvalue weighted by Crippen LogP contribution is -2.13. The fourth-order valence-electron chi connectivity index (χ4n) is 5.35. The second-order valence-corrected chi connectivity index (χ2v) is 8.57. The molecule has 1 aliphatic carbocycles. The molecule has 4 aromatic rings. The van der Waals surface area contributed by atoms with E-state index in [2.05, 4.69) is 46.1 Å². The normalized spacial score (nSPS) is 21.9. The zero-order chi connectivity index (χ0) is 18.8. The topological polar surface area (TPSA) is 37.8 Å². The number of nitrogens with one attached hydrogen (secondary N) is 1. The third kappa shape index (κ3) is 2.15. The molecule has 2 aromatic carbocycles. The van der Waals surface area contributed by atoms with Crippen molar-refractivity contribution in [2.75, 3.05) is 0 Å². The number of carbonyl (C=O) groups excluding carboxylic acids is 1. The molecule has 3 heterocycles. The third-order valence-electron chi connectivity index (χ3n) is 6.52. The number of fused-ring (bicyclic) bond motifs is 1. The molecular formula is C24H20N2OS. The van der Waals surface area contributed by atoms with Gasteiger partial charge in [0.25, 0.3) is 0 Å². The molecule has 4 heteroatoms. The zero-order valence-corrected chi connectivity index (χ0v) is 16.3. The lowest BCUT2D eigenvalue weighted by atomic mass is 9.83. The monoisotopic (exact) mass is 384 g/mol. The van der Waals surface area contributed by atoms with E-state index in [1.165, 1.54) is 28.5 Å². The average Bonchev–Trinajstić information content (AvgIpc) is 3.37. The first-order chi connectivity index (χ1) is 13.7. The summed E-state index contributed by atoms with van der Waals surface area (Å²) in [5.74, 6) is 0.0117. The maximum absolute atomic E-state index is 13.1. The first-order valence-corrected chi connectivity index (χ1v) is 10.4. The quantitative estimate of drug-likeness (QED) is 0.478. The molecular weight excluding hydrogens is 364 g/mol. The molecule has 3 nitrogen and oxygen atoms in total. The lowest BCUT2D eigenvalue weighted by molar-refractivity contribution is -0.118. The summed E-state index contributed by atoms with van der Waals surface area (Å²) in [5, 5.41) is 2.40. The predicted octanol–water partition coefficient (Wildman–Crippen LogP) is 5.28. The van der Waals surface area contributed by atoms with Crippen LogP contribution in [0.15, 0.2) is 54.9 Å². The number of H-pyrrole nitrogens is 1. The summed E-state index contributed by atoms with van der Waals surface area (Å²) in [6.45, 7) is 1.04. The Morgan fingerprint density at radius 2 is 1.86 bits per heavy atom. The van der Waals surface area contributed by atoms with Gasteiger partial charge in [-0.25, -0.2) is 0 Å². The van der Waals surface area contributed by atoms with E-state index < -0.39 is 0 Å². The molecule has 0 saturated heterocycles. The number of rotatable bonds is 2. The molecule has 0 radical (unpaired) electrons. The number of hydrogen-bond acceptors (Lipinski definition) is 2. The summed E-state index contributed by atoms with van der Waals surface area (Å²) in [4.78, 5) is 17.3. The van der Waals surface area contributed by atoms with Gasteiger partial charge in [0, 0.05) is 52.4 Å². The van der Waals surface area contributed by atoms with Gasteiger partial charge in [0.2, 0.25) is 0 Å². The van der Waals surface area contributed by atoms with E-state index in [4.69, 9.17) is 12.2 Å². The summed E-state index contributed by atoms with van der Waals surface area (Å²) in [7, 11) is 0. The van der Waals surface area contributed by atoms with Crippen LogP contribution in [-0.2, 0) is 17.8 Å². The molecule has 0 unspecified atom stereocenters. The summed E-state index contributed by atoms with van der Waals surface area (Å²) < 4.78 is 2.38. The summed E-state index contributed by atoms with van der Waals surface area (Å²) in [5.41, 5.74) is 6.13. The molecule has 1 fully saturated rings. The van der Waals surface area contributed by atoms with Crippen LogP contribution in [0.3, 0.4) is 0 Å². The van der Waals surface area contributed by atoms with Crippen molar-refractivity contribution in [1.29, 1.82) is 0 Å². The highest BCUT2D eigenvalue weighted by atomic mass is 32.1. The Balaban J connectivity index is 1.58. The van der Waals surface area contributed by atoms with Crippen LogP contribution in [0.4, 0.5) is 0 Å². The molecule has 2 atom stereocenters. The van der Waals surface area contributed by atoms with Crippen molar-refractivity contribution in [3.8, 4) is 0 Å². The Morgan fingerprint density at radius 3 is 2.79 bits per heavy atom. The second-order valence-electron chi connectivity index (χ2n) is 8.05. The number of aromatic amines is 1. The van der Waals surface area contributed by atoms with Crippen molar-refractivity contribution < 1.29 is 4.79 Å². The maximum atomic E-state index is 13.1. The van der Waals surface area contributed by atoms with Crippen LogP contribution in [0, 0.1) is 0 Å². The molecule has 0 spiro atoms. The number of aromatic nitrogens is 2. The number of aryl methyl sites for hydroxylation is 2. The predicted molar refractivity (Wildman–Crippen MR) is 116 cm³/mol. The maximum Gasteiger partial charge on any atom is 0.146 e. The van der Waals surface area contributed by atoms with Crippen molar-refractivity contribution in [2.45, 2.75) is 37.6 Å². The fraction of sp³-hybridized carbons (Fsp3) is 0.250. The minimum absolute atomic E-state index is 0.0289. The minimum atomic E-state index is -0.202. The van der Waals surface area contributed by atoms with Crippen LogP contribution >= 0.6 is 12.2 Å². The van der Waals surface area contributed by atoms with E-state index in [0.717, 1.165) is 34.3 Å². The Morgan fingerprint density at radius 1 is 1.00 bits per heavy atom. The zero-order valence-electron chi connectivity index (χ0n) is 15.4. The molecule has 28 heavy (non-hydrogen) atoms. The minimum Gasteiger partial charge on any atom is -0.361 e. The van der Waals surface area contributed by atoms with E-state index in [1.807, 2.05) is 18.3 Å². The van der Waals surface area contributed by atoms with Crippen molar-refractivity contribution in [2.24, 2.45) is 0 Å². The Bertz CT molecular complexity index is 1280. The number of benzene rings is 2. The molecule has 6 rings (SSSR count). The second kappa shape index (κ2) is 5.89. The largest absolute Gasteiger partial charge is 0.361 e. The van der Waals surface area contributed by atoms with Gasteiger partial charge in [0.1, 0.15) is 5.78 Å². The Hall–Kier alpha value is -2.72. The smallest absolute Gasteiger partial charge is 0.146 e. The Labute approximate surface area is 168 Å². The molecule has 0 amide bonds. The van der Waals surface area contributed by atoms with Crippen LogP contribution in [-0.4, -0.2) is 20.2 Å². The molecule has 1 aliphatic heterocycles. The number of thiocarbonyl (C=S) groups is 1. The molecule has 0 bridgehead atoms. The van der Waals surface area contributed by atoms with Gasteiger partial charge in [0.15, 0.2) is 0 Å².